The number of pyridine rings is 1. The Kier molecular flexibility index (Phi) is 5.13. The smallest absolute Gasteiger partial charge is 0.217 e. The van der Waals surface area contributed by atoms with Crippen LogP contribution in [0.3, 0.4) is 0 Å². The zero-order valence-electron chi connectivity index (χ0n) is 14.7. The molecule has 1 atom stereocenters. The molecule has 1 saturated carbocycles. The molecule has 134 valence electrons. The van der Waals surface area contributed by atoms with Crippen molar-refractivity contribution in [2.24, 2.45) is 0 Å². The highest BCUT2D eigenvalue weighted by Crippen LogP contribution is 2.31. The predicted molar refractivity (Wildman–Crippen MR) is 94.7 cm³/mol. The lowest BCUT2D eigenvalue weighted by atomic mass is 10.1. The van der Waals surface area contributed by atoms with E-state index in [4.69, 9.17) is 4.74 Å². The van der Waals surface area contributed by atoms with Crippen molar-refractivity contribution >= 4 is 15.7 Å². The van der Waals surface area contributed by atoms with Gasteiger partial charge >= 0.3 is 0 Å². The van der Waals surface area contributed by atoms with Crippen LogP contribution in [0.15, 0.2) is 12.1 Å². The van der Waals surface area contributed by atoms with Crippen molar-refractivity contribution in [1.29, 1.82) is 0 Å². The summed E-state index contributed by atoms with van der Waals surface area (Å²) in [5.74, 6) is 0. The fourth-order valence-corrected chi connectivity index (χ4v) is 5.55. The topological polar surface area (TPSA) is 62.7 Å². The Hall–Kier alpha value is -1.18. The molecule has 2 heterocycles. The van der Waals surface area contributed by atoms with Crippen molar-refractivity contribution in [2.75, 3.05) is 38.7 Å². The number of anilines is 1. The summed E-state index contributed by atoms with van der Waals surface area (Å²) >= 11 is 0. The molecular weight excluding hydrogens is 326 g/mol. The molecule has 3 rings (SSSR count). The van der Waals surface area contributed by atoms with Crippen molar-refractivity contribution in [2.45, 2.75) is 44.0 Å². The molecule has 6 nitrogen and oxygen atoms in total. The molecule has 1 saturated heterocycles. The predicted octanol–water partition coefficient (Wildman–Crippen LogP) is 2.10. The first kappa shape index (κ1) is 17.6. The molecule has 2 fully saturated rings. The molecule has 0 unspecified atom stereocenters. The van der Waals surface area contributed by atoms with Crippen LogP contribution in [0.4, 0.5) is 5.69 Å². The number of ether oxygens (including phenoxy) is 1. The van der Waals surface area contributed by atoms with E-state index in [1.807, 2.05) is 38.1 Å². The van der Waals surface area contributed by atoms with Crippen molar-refractivity contribution < 1.29 is 13.2 Å². The first-order valence-corrected chi connectivity index (χ1v) is 10.1. The standard InChI is InChI=1S/C17H27N3O3S/c1-13-10-14(19(2)3)11-16(18-13)17-12-20(8-9-23-17)24(21,22)15-6-4-5-7-15/h10-11,15,17H,4-9,12H2,1-3H3/t17-/m1/s1. The van der Waals surface area contributed by atoms with Crippen LogP contribution in [-0.4, -0.2) is 56.7 Å². The van der Waals surface area contributed by atoms with Gasteiger partial charge in [0.25, 0.3) is 0 Å². The molecule has 24 heavy (non-hydrogen) atoms. The third-order valence-corrected chi connectivity index (χ3v) is 7.28. The Morgan fingerprint density at radius 2 is 1.96 bits per heavy atom. The number of nitrogens with zero attached hydrogens (tertiary/aromatic N) is 3. The van der Waals surface area contributed by atoms with Crippen LogP contribution in [-0.2, 0) is 14.8 Å². The average molecular weight is 353 g/mol. The Bertz CT molecular complexity index is 684. The van der Waals surface area contributed by atoms with E-state index in [1.165, 1.54) is 0 Å². The number of aryl methyl sites for hydroxylation is 1. The van der Waals surface area contributed by atoms with E-state index in [9.17, 15) is 8.42 Å². The second-order valence-corrected chi connectivity index (χ2v) is 9.17. The van der Waals surface area contributed by atoms with Crippen LogP contribution in [0, 0.1) is 6.92 Å². The van der Waals surface area contributed by atoms with Gasteiger partial charge in [0.1, 0.15) is 6.10 Å². The molecule has 1 aliphatic carbocycles. The second kappa shape index (κ2) is 6.98. The first-order valence-electron chi connectivity index (χ1n) is 8.64. The van der Waals surface area contributed by atoms with Gasteiger partial charge in [-0.1, -0.05) is 12.8 Å². The Morgan fingerprint density at radius 1 is 1.25 bits per heavy atom. The Labute approximate surface area is 144 Å². The van der Waals surface area contributed by atoms with Gasteiger partial charge in [0.15, 0.2) is 0 Å². The molecule has 1 aliphatic heterocycles. The van der Waals surface area contributed by atoms with Crippen molar-refractivity contribution in [3.05, 3.63) is 23.5 Å². The number of hydrogen-bond donors (Lipinski definition) is 0. The summed E-state index contributed by atoms with van der Waals surface area (Å²) in [5, 5.41) is -0.209. The van der Waals surface area contributed by atoms with Crippen molar-refractivity contribution in [1.82, 2.24) is 9.29 Å². The van der Waals surface area contributed by atoms with Gasteiger partial charge in [-0.2, -0.15) is 4.31 Å². The SMILES string of the molecule is Cc1cc(N(C)C)cc([C@H]2CN(S(=O)(=O)C3CCCC3)CCO2)n1. The lowest BCUT2D eigenvalue weighted by Crippen LogP contribution is -2.45. The van der Waals surface area contributed by atoms with E-state index in [1.54, 1.807) is 4.31 Å². The van der Waals surface area contributed by atoms with Gasteiger partial charge in [-0.25, -0.2) is 8.42 Å². The summed E-state index contributed by atoms with van der Waals surface area (Å²) < 4.78 is 33.2. The van der Waals surface area contributed by atoms with Crippen LogP contribution in [0.2, 0.25) is 0 Å². The molecule has 0 spiro atoms. The molecule has 7 heteroatoms. The number of hydrogen-bond acceptors (Lipinski definition) is 5. The first-order chi connectivity index (χ1) is 11.4. The van der Waals surface area contributed by atoms with E-state index in [-0.39, 0.29) is 11.4 Å². The molecule has 2 aliphatic rings. The third kappa shape index (κ3) is 3.58. The summed E-state index contributed by atoms with van der Waals surface area (Å²) in [6.07, 6.45) is 3.32. The number of aromatic nitrogens is 1. The van der Waals surface area contributed by atoms with Gasteiger partial charge in [-0.05, 0) is 31.9 Å². The fraction of sp³-hybridized carbons (Fsp3) is 0.706. The minimum Gasteiger partial charge on any atom is -0.378 e. The fourth-order valence-electron chi connectivity index (χ4n) is 3.53. The third-order valence-electron chi connectivity index (χ3n) is 4.92. The molecule has 0 aromatic carbocycles. The van der Waals surface area contributed by atoms with Gasteiger partial charge < -0.3 is 9.64 Å². The van der Waals surface area contributed by atoms with E-state index in [0.29, 0.717) is 19.7 Å². The van der Waals surface area contributed by atoms with Gasteiger partial charge in [0.05, 0.1) is 17.6 Å². The minimum absolute atomic E-state index is 0.209. The van der Waals surface area contributed by atoms with Crippen molar-refractivity contribution in [3.8, 4) is 0 Å². The summed E-state index contributed by atoms with van der Waals surface area (Å²) in [6, 6.07) is 4.00. The maximum absolute atomic E-state index is 12.8. The minimum atomic E-state index is -3.22. The Morgan fingerprint density at radius 3 is 2.62 bits per heavy atom. The molecule has 0 radical (unpaired) electrons. The zero-order chi connectivity index (χ0) is 17.3. The van der Waals surface area contributed by atoms with E-state index in [2.05, 4.69) is 4.98 Å². The highest BCUT2D eigenvalue weighted by Gasteiger charge is 2.37. The largest absolute Gasteiger partial charge is 0.378 e. The van der Waals surface area contributed by atoms with E-state index >= 15 is 0 Å². The van der Waals surface area contributed by atoms with E-state index in [0.717, 1.165) is 42.8 Å². The highest BCUT2D eigenvalue weighted by molar-refractivity contribution is 7.89. The summed E-state index contributed by atoms with van der Waals surface area (Å²) in [4.78, 5) is 6.60. The lowest BCUT2D eigenvalue weighted by Gasteiger charge is -2.34. The molecule has 0 bridgehead atoms. The molecular formula is C17H27N3O3S. The second-order valence-electron chi connectivity index (χ2n) is 6.95. The van der Waals surface area contributed by atoms with Crippen molar-refractivity contribution in [3.63, 3.8) is 0 Å². The van der Waals surface area contributed by atoms with Gasteiger partial charge in [-0.3, -0.25) is 4.98 Å². The lowest BCUT2D eigenvalue weighted by molar-refractivity contribution is -0.00524. The highest BCUT2D eigenvalue weighted by atomic mass is 32.2. The summed E-state index contributed by atoms with van der Waals surface area (Å²) in [7, 11) is 0.742. The van der Waals surface area contributed by atoms with Gasteiger partial charge in [-0.15, -0.1) is 0 Å². The zero-order valence-corrected chi connectivity index (χ0v) is 15.6. The summed E-state index contributed by atoms with van der Waals surface area (Å²) in [5.41, 5.74) is 2.78. The molecule has 0 N–H and O–H groups in total. The normalized spacial score (nSPS) is 23.5. The number of rotatable bonds is 4. The van der Waals surface area contributed by atoms with Gasteiger partial charge in [0.2, 0.25) is 10.0 Å². The van der Waals surface area contributed by atoms with Gasteiger partial charge in [0, 0.05) is 38.6 Å². The number of morpholine rings is 1. The van der Waals surface area contributed by atoms with E-state index < -0.39 is 10.0 Å². The monoisotopic (exact) mass is 353 g/mol. The number of sulfonamides is 1. The summed E-state index contributed by atoms with van der Waals surface area (Å²) in [6.45, 7) is 3.18. The molecule has 1 aromatic rings. The maximum Gasteiger partial charge on any atom is 0.217 e. The molecule has 1 aromatic heterocycles. The van der Waals surface area contributed by atoms with Crippen LogP contribution >= 0.6 is 0 Å². The van der Waals surface area contributed by atoms with Crippen LogP contribution in [0.25, 0.3) is 0 Å². The van der Waals surface area contributed by atoms with Crippen LogP contribution < -0.4 is 4.90 Å². The molecule has 0 amide bonds. The van der Waals surface area contributed by atoms with Crippen LogP contribution in [0.5, 0.6) is 0 Å². The quantitative estimate of drug-likeness (QED) is 0.829. The Balaban J connectivity index is 1.81. The van der Waals surface area contributed by atoms with Crippen LogP contribution in [0.1, 0.15) is 43.2 Å². The maximum atomic E-state index is 12.8. The average Bonchev–Trinajstić information content (AvgIpc) is 3.09.